The molecule has 3 rings (SSSR count). The van der Waals surface area contributed by atoms with Gasteiger partial charge in [-0.2, -0.15) is 0 Å². The Labute approximate surface area is 198 Å². The molecule has 2 aromatic heterocycles. The number of imidazole rings is 1. The van der Waals surface area contributed by atoms with Crippen molar-refractivity contribution in [3.63, 3.8) is 0 Å². The highest BCUT2D eigenvalue weighted by Gasteiger charge is 2.22. The van der Waals surface area contributed by atoms with Crippen LogP contribution in [-0.2, 0) is 37.5 Å². The number of nitrogens with zero attached hydrogens (tertiary/aromatic N) is 3. The molecule has 0 aliphatic carbocycles. The first-order valence-corrected chi connectivity index (χ1v) is 11.7. The summed E-state index contributed by atoms with van der Waals surface area (Å²) < 4.78 is 40.5. The lowest BCUT2D eigenvalue weighted by Crippen LogP contribution is -2.15. The average molecular weight is 492 g/mol. The van der Waals surface area contributed by atoms with Crippen molar-refractivity contribution < 1.29 is 37.5 Å². The van der Waals surface area contributed by atoms with Gasteiger partial charge in [-0.3, -0.25) is 13.8 Å². The molecule has 1 atom stereocenters. The lowest BCUT2D eigenvalue weighted by atomic mass is 10.2. The van der Waals surface area contributed by atoms with E-state index in [1.807, 2.05) is 0 Å². The van der Waals surface area contributed by atoms with Gasteiger partial charge in [-0.1, -0.05) is 0 Å². The Morgan fingerprint density at radius 1 is 1.03 bits per heavy atom. The van der Waals surface area contributed by atoms with Gasteiger partial charge in [0.05, 0.1) is 66.3 Å². The first kappa shape index (κ1) is 25.0. The Morgan fingerprint density at radius 2 is 1.79 bits per heavy atom. The third-order valence-corrected chi connectivity index (χ3v) is 5.89. The van der Waals surface area contributed by atoms with Crippen molar-refractivity contribution in [1.29, 1.82) is 0 Å². The molecule has 34 heavy (non-hydrogen) atoms. The fourth-order valence-corrected chi connectivity index (χ4v) is 4.34. The first-order valence-electron chi connectivity index (χ1n) is 10.3. The number of esters is 1. The lowest BCUT2D eigenvalue weighted by molar-refractivity contribution is 0.0357. The van der Waals surface area contributed by atoms with Crippen LogP contribution in [0.5, 0.6) is 11.5 Å². The molecule has 0 bridgehead atoms. The SMILES string of the molecule is CCOC(=O)OCn1c(S(=O)Cc2nccc(OC)c2OC)nc2ccc(C(=O)OCC)cc21. The number of ether oxygens (including phenoxy) is 5. The van der Waals surface area contributed by atoms with Gasteiger partial charge in [0.15, 0.2) is 18.2 Å². The topological polar surface area (TPSA) is 128 Å². The van der Waals surface area contributed by atoms with E-state index in [0.29, 0.717) is 28.2 Å². The minimum absolute atomic E-state index is 0.0478. The summed E-state index contributed by atoms with van der Waals surface area (Å²) in [7, 11) is 1.22. The van der Waals surface area contributed by atoms with Gasteiger partial charge in [-0.15, -0.1) is 0 Å². The summed E-state index contributed by atoms with van der Waals surface area (Å²) >= 11 is 0. The van der Waals surface area contributed by atoms with E-state index >= 15 is 0 Å². The summed E-state index contributed by atoms with van der Waals surface area (Å²) in [5, 5.41) is 0.118. The number of carbonyl (C=O) groups is 2. The number of fused-ring (bicyclic) bond motifs is 1. The predicted octanol–water partition coefficient (Wildman–Crippen LogP) is 3.06. The van der Waals surface area contributed by atoms with Crippen LogP contribution in [0.3, 0.4) is 0 Å². The molecule has 0 aliphatic rings. The van der Waals surface area contributed by atoms with E-state index in [1.54, 1.807) is 38.1 Å². The van der Waals surface area contributed by atoms with E-state index in [9.17, 15) is 13.8 Å². The van der Waals surface area contributed by atoms with Gasteiger partial charge < -0.3 is 23.7 Å². The number of hydrogen-bond acceptors (Lipinski definition) is 10. The summed E-state index contributed by atoms with van der Waals surface area (Å²) in [6.07, 6.45) is 0.630. The van der Waals surface area contributed by atoms with Gasteiger partial charge in [0.2, 0.25) is 5.16 Å². The molecular weight excluding hydrogens is 466 g/mol. The molecule has 2 heterocycles. The van der Waals surface area contributed by atoms with Crippen LogP contribution in [0.25, 0.3) is 11.0 Å². The monoisotopic (exact) mass is 491 g/mol. The number of carbonyl (C=O) groups excluding carboxylic acids is 2. The molecule has 1 unspecified atom stereocenters. The second-order valence-electron chi connectivity index (χ2n) is 6.69. The number of pyridine rings is 1. The second kappa shape index (κ2) is 11.5. The fraction of sp³-hybridized carbons (Fsp3) is 0.364. The zero-order chi connectivity index (χ0) is 24.7. The van der Waals surface area contributed by atoms with Crippen molar-refractivity contribution in [2.24, 2.45) is 0 Å². The molecule has 11 nitrogen and oxygen atoms in total. The standard InChI is InChI=1S/C22H25N3O8S/c1-5-31-20(26)14-7-8-15-17(11-14)25(13-33-22(27)32-6-2)21(24-15)34(28)12-16-19(30-4)18(29-3)9-10-23-16/h7-11H,5-6,12-13H2,1-4H3. The van der Waals surface area contributed by atoms with Crippen LogP contribution >= 0.6 is 0 Å². The molecule has 0 spiro atoms. The van der Waals surface area contributed by atoms with E-state index in [1.165, 1.54) is 25.0 Å². The Kier molecular flexibility index (Phi) is 8.41. The Bertz CT molecular complexity index is 1210. The van der Waals surface area contributed by atoms with Crippen LogP contribution in [-0.4, -0.2) is 58.3 Å². The Hall–Kier alpha value is -3.67. The largest absolute Gasteiger partial charge is 0.510 e. The number of benzene rings is 1. The smallest absolute Gasteiger partial charge is 0.493 e. The molecule has 0 radical (unpaired) electrons. The van der Waals surface area contributed by atoms with Gasteiger partial charge in [-0.05, 0) is 32.0 Å². The van der Waals surface area contributed by atoms with Crippen LogP contribution in [0.1, 0.15) is 29.9 Å². The van der Waals surface area contributed by atoms with Gasteiger partial charge >= 0.3 is 12.1 Å². The summed E-state index contributed by atoms with van der Waals surface area (Å²) in [6, 6.07) is 6.33. The van der Waals surface area contributed by atoms with Crippen LogP contribution in [0.4, 0.5) is 4.79 Å². The van der Waals surface area contributed by atoms with Crippen LogP contribution in [0.2, 0.25) is 0 Å². The maximum Gasteiger partial charge on any atom is 0.510 e. The molecule has 1 aromatic carbocycles. The van der Waals surface area contributed by atoms with Crippen LogP contribution in [0.15, 0.2) is 35.6 Å². The van der Waals surface area contributed by atoms with Gasteiger partial charge in [0, 0.05) is 12.3 Å². The van der Waals surface area contributed by atoms with Crippen molar-refractivity contribution in [3.8, 4) is 11.5 Å². The maximum absolute atomic E-state index is 13.4. The second-order valence-corrected chi connectivity index (χ2v) is 8.03. The van der Waals surface area contributed by atoms with Crippen LogP contribution in [0, 0.1) is 0 Å². The zero-order valence-corrected chi connectivity index (χ0v) is 20.0. The Balaban J connectivity index is 2.02. The van der Waals surface area contributed by atoms with E-state index in [-0.39, 0.29) is 36.4 Å². The minimum Gasteiger partial charge on any atom is -0.493 e. The predicted molar refractivity (Wildman–Crippen MR) is 121 cm³/mol. The van der Waals surface area contributed by atoms with Gasteiger partial charge in [-0.25, -0.2) is 14.6 Å². The molecular formula is C22H25N3O8S. The molecule has 0 aliphatic heterocycles. The normalized spacial score (nSPS) is 11.6. The third-order valence-electron chi connectivity index (χ3n) is 4.64. The minimum atomic E-state index is -1.73. The van der Waals surface area contributed by atoms with E-state index < -0.39 is 22.9 Å². The number of hydrogen-bond donors (Lipinski definition) is 0. The fourth-order valence-electron chi connectivity index (χ4n) is 3.16. The van der Waals surface area contributed by atoms with Gasteiger partial charge in [0.1, 0.15) is 0 Å². The molecule has 0 fully saturated rings. The van der Waals surface area contributed by atoms with E-state index in [4.69, 9.17) is 23.7 Å². The maximum atomic E-state index is 13.4. The third kappa shape index (κ3) is 5.45. The molecule has 0 saturated heterocycles. The summed E-state index contributed by atoms with van der Waals surface area (Å²) in [5.41, 5.74) is 1.57. The van der Waals surface area contributed by atoms with E-state index in [0.717, 1.165) is 0 Å². The summed E-state index contributed by atoms with van der Waals surface area (Å²) in [5.74, 6) is 0.237. The van der Waals surface area contributed by atoms with Crippen molar-refractivity contribution in [2.45, 2.75) is 31.5 Å². The number of methoxy groups -OCH3 is 2. The number of rotatable bonds is 10. The van der Waals surface area contributed by atoms with Crippen molar-refractivity contribution >= 4 is 34.0 Å². The van der Waals surface area contributed by atoms with Crippen molar-refractivity contribution in [1.82, 2.24) is 14.5 Å². The zero-order valence-electron chi connectivity index (χ0n) is 19.2. The Morgan fingerprint density at radius 3 is 2.47 bits per heavy atom. The quantitative estimate of drug-likeness (QED) is 0.390. The summed E-state index contributed by atoms with van der Waals surface area (Å²) in [6.45, 7) is 3.37. The first-order chi connectivity index (χ1) is 16.4. The van der Waals surface area contributed by atoms with Crippen molar-refractivity contribution in [2.75, 3.05) is 27.4 Å². The molecule has 182 valence electrons. The van der Waals surface area contributed by atoms with Crippen molar-refractivity contribution in [3.05, 3.63) is 41.7 Å². The highest BCUT2D eigenvalue weighted by atomic mass is 32.2. The lowest BCUT2D eigenvalue weighted by Gasteiger charge is -2.12. The molecule has 0 amide bonds. The number of aromatic nitrogens is 3. The molecule has 12 heteroatoms. The van der Waals surface area contributed by atoms with Gasteiger partial charge in [0.25, 0.3) is 0 Å². The van der Waals surface area contributed by atoms with Crippen LogP contribution < -0.4 is 9.47 Å². The summed E-state index contributed by atoms with van der Waals surface area (Å²) in [4.78, 5) is 32.7. The molecule has 0 saturated carbocycles. The highest BCUT2D eigenvalue weighted by molar-refractivity contribution is 7.84. The van der Waals surface area contributed by atoms with E-state index in [2.05, 4.69) is 9.97 Å². The highest BCUT2D eigenvalue weighted by Crippen LogP contribution is 2.31. The average Bonchev–Trinajstić information content (AvgIpc) is 3.20. The molecule has 0 N–H and O–H groups in total. The molecule has 3 aromatic rings.